The van der Waals surface area contributed by atoms with Crippen molar-refractivity contribution in [3.63, 3.8) is 0 Å². The fourth-order valence-electron chi connectivity index (χ4n) is 1.54. The van der Waals surface area contributed by atoms with Crippen molar-refractivity contribution in [2.45, 2.75) is 12.3 Å². The van der Waals surface area contributed by atoms with Gasteiger partial charge in [-0.05, 0) is 12.1 Å². The second-order valence-electron chi connectivity index (χ2n) is 3.42. The van der Waals surface area contributed by atoms with Crippen molar-refractivity contribution in [1.82, 2.24) is 0 Å². The molecule has 0 N–H and O–H groups in total. The molecule has 2 aromatic rings. The summed E-state index contributed by atoms with van der Waals surface area (Å²) in [6, 6.07) is 6.93. The smallest absolute Gasteiger partial charge is 0.344 e. The summed E-state index contributed by atoms with van der Waals surface area (Å²) in [4.78, 5) is 22.7. The second-order valence-corrected chi connectivity index (χ2v) is 3.98. The predicted molar refractivity (Wildman–Crippen MR) is 66.4 cm³/mol. The van der Waals surface area contributed by atoms with E-state index >= 15 is 0 Å². The molecular formula is C12H9BrO4. The van der Waals surface area contributed by atoms with Crippen LogP contribution in [0.15, 0.2) is 33.5 Å². The van der Waals surface area contributed by atoms with Crippen LogP contribution in [-0.4, -0.2) is 5.97 Å². The maximum Gasteiger partial charge on any atom is 0.344 e. The van der Waals surface area contributed by atoms with Gasteiger partial charge in [0.1, 0.15) is 5.58 Å². The van der Waals surface area contributed by atoms with Crippen LogP contribution in [-0.2, 0) is 10.1 Å². The Morgan fingerprint density at radius 3 is 2.76 bits per heavy atom. The Balaban J connectivity index is 2.81. The molecule has 17 heavy (non-hydrogen) atoms. The van der Waals surface area contributed by atoms with Gasteiger partial charge in [0.05, 0.1) is 10.9 Å². The van der Waals surface area contributed by atoms with E-state index in [9.17, 15) is 9.59 Å². The summed E-state index contributed by atoms with van der Waals surface area (Å²) < 4.78 is 10.2. The van der Waals surface area contributed by atoms with E-state index in [-0.39, 0.29) is 11.1 Å². The van der Waals surface area contributed by atoms with Gasteiger partial charge in [-0.3, -0.25) is 4.79 Å². The number of alkyl halides is 1. The summed E-state index contributed by atoms with van der Waals surface area (Å²) in [6.45, 7) is 1.29. The Hall–Kier alpha value is -1.62. The summed E-state index contributed by atoms with van der Waals surface area (Å²) in [5.41, 5.74) is 0.203. The van der Waals surface area contributed by atoms with Crippen molar-refractivity contribution >= 4 is 32.9 Å². The molecular weight excluding hydrogens is 288 g/mol. The third-order valence-electron chi connectivity index (χ3n) is 2.23. The van der Waals surface area contributed by atoms with E-state index in [2.05, 4.69) is 15.9 Å². The van der Waals surface area contributed by atoms with E-state index in [0.29, 0.717) is 16.5 Å². The Kier molecular flexibility index (Phi) is 3.28. The number of hydrogen-bond acceptors (Lipinski definition) is 4. The molecule has 0 spiro atoms. The van der Waals surface area contributed by atoms with Crippen LogP contribution in [0.2, 0.25) is 0 Å². The maximum absolute atomic E-state index is 11.7. The molecule has 0 amide bonds. The minimum Gasteiger partial charge on any atom is -0.425 e. The zero-order valence-corrected chi connectivity index (χ0v) is 10.6. The minimum absolute atomic E-state index is 0.265. The topological polar surface area (TPSA) is 56.5 Å². The van der Waals surface area contributed by atoms with Gasteiger partial charge in [0.25, 0.3) is 0 Å². The number of ether oxygens (including phenoxy) is 1. The van der Waals surface area contributed by atoms with Gasteiger partial charge in [-0.1, -0.05) is 28.1 Å². The lowest BCUT2D eigenvalue weighted by molar-refractivity contribution is -0.131. The standard InChI is InChI=1S/C12H9BrO4/c1-7(14)16-11-8-4-2-3-5-10(8)17-12(15)9(11)6-13/h2-5H,6H2,1H3. The van der Waals surface area contributed by atoms with Crippen LogP contribution in [0.5, 0.6) is 5.75 Å². The van der Waals surface area contributed by atoms with Crippen LogP contribution in [0, 0.1) is 0 Å². The van der Waals surface area contributed by atoms with Crippen molar-refractivity contribution in [2.24, 2.45) is 0 Å². The average Bonchev–Trinajstić information content (AvgIpc) is 2.28. The van der Waals surface area contributed by atoms with Crippen LogP contribution in [0.1, 0.15) is 12.5 Å². The fourth-order valence-corrected chi connectivity index (χ4v) is 2.02. The third kappa shape index (κ3) is 2.24. The first-order valence-corrected chi connectivity index (χ1v) is 6.04. The van der Waals surface area contributed by atoms with Gasteiger partial charge in [-0.15, -0.1) is 0 Å². The molecule has 0 saturated heterocycles. The van der Waals surface area contributed by atoms with E-state index in [1.54, 1.807) is 24.3 Å². The summed E-state index contributed by atoms with van der Waals surface area (Å²) in [5, 5.41) is 0.875. The highest BCUT2D eigenvalue weighted by atomic mass is 79.9. The quantitative estimate of drug-likeness (QED) is 0.486. The number of para-hydroxylation sites is 1. The molecule has 0 saturated carbocycles. The fraction of sp³-hybridized carbons (Fsp3) is 0.167. The van der Waals surface area contributed by atoms with E-state index in [1.807, 2.05) is 0 Å². The second kappa shape index (κ2) is 4.71. The summed E-state index contributed by atoms with van der Waals surface area (Å²) in [6.07, 6.45) is 0. The first-order chi connectivity index (χ1) is 8.13. The molecule has 88 valence electrons. The molecule has 0 aliphatic rings. The third-order valence-corrected chi connectivity index (χ3v) is 2.79. The number of hydrogen-bond donors (Lipinski definition) is 0. The number of benzene rings is 1. The number of carbonyl (C=O) groups is 1. The Morgan fingerprint density at radius 2 is 2.12 bits per heavy atom. The SMILES string of the molecule is CC(=O)Oc1c(CBr)c(=O)oc2ccccc12. The van der Waals surface area contributed by atoms with Crippen LogP contribution in [0.25, 0.3) is 11.0 Å². The van der Waals surface area contributed by atoms with Gasteiger partial charge in [-0.25, -0.2) is 4.79 Å². The predicted octanol–water partition coefficient (Wildman–Crippen LogP) is 2.61. The highest BCUT2D eigenvalue weighted by molar-refractivity contribution is 9.08. The number of halogens is 1. The zero-order valence-electron chi connectivity index (χ0n) is 9.03. The molecule has 0 bridgehead atoms. The van der Waals surface area contributed by atoms with E-state index in [4.69, 9.17) is 9.15 Å². The number of fused-ring (bicyclic) bond motifs is 1. The normalized spacial score (nSPS) is 10.5. The maximum atomic E-state index is 11.7. The zero-order chi connectivity index (χ0) is 12.4. The van der Waals surface area contributed by atoms with Gasteiger partial charge >= 0.3 is 11.6 Å². The van der Waals surface area contributed by atoms with Crippen LogP contribution >= 0.6 is 15.9 Å². The minimum atomic E-state index is -0.503. The van der Waals surface area contributed by atoms with E-state index < -0.39 is 11.6 Å². The van der Waals surface area contributed by atoms with Crippen molar-refractivity contribution in [2.75, 3.05) is 0 Å². The molecule has 0 fully saturated rings. The van der Waals surface area contributed by atoms with Crippen molar-refractivity contribution in [3.05, 3.63) is 40.2 Å². The largest absolute Gasteiger partial charge is 0.425 e. The molecule has 1 aromatic heterocycles. The molecule has 0 radical (unpaired) electrons. The van der Waals surface area contributed by atoms with Gasteiger partial charge < -0.3 is 9.15 Å². The van der Waals surface area contributed by atoms with Crippen molar-refractivity contribution in [3.8, 4) is 5.75 Å². The molecule has 1 aromatic carbocycles. The Morgan fingerprint density at radius 1 is 1.41 bits per heavy atom. The molecule has 0 aliphatic carbocycles. The lowest BCUT2D eigenvalue weighted by Crippen LogP contribution is -2.12. The molecule has 0 aliphatic heterocycles. The summed E-state index contributed by atoms with van der Waals surface area (Å²) >= 11 is 3.18. The first kappa shape index (κ1) is 11.9. The first-order valence-electron chi connectivity index (χ1n) is 4.92. The molecule has 4 nitrogen and oxygen atoms in total. The number of esters is 1. The molecule has 0 unspecified atom stereocenters. The molecule has 2 rings (SSSR count). The van der Waals surface area contributed by atoms with Crippen LogP contribution < -0.4 is 10.4 Å². The summed E-state index contributed by atoms with van der Waals surface area (Å²) in [5.74, 6) is -0.204. The number of rotatable bonds is 2. The molecule has 1 heterocycles. The Bertz CT molecular complexity index is 630. The summed E-state index contributed by atoms with van der Waals surface area (Å²) in [7, 11) is 0. The average molecular weight is 297 g/mol. The number of carbonyl (C=O) groups excluding carboxylic acids is 1. The van der Waals surface area contributed by atoms with Crippen molar-refractivity contribution in [1.29, 1.82) is 0 Å². The van der Waals surface area contributed by atoms with Gasteiger partial charge in [-0.2, -0.15) is 0 Å². The monoisotopic (exact) mass is 296 g/mol. The van der Waals surface area contributed by atoms with Crippen molar-refractivity contribution < 1.29 is 13.9 Å². The molecule has 5 heteroatoms. The lowest BCUT2D eigenvalue weighted by Gasteiger charge is -2.08. The van der Waals surface area contributed by atoms with E-state index in [1.165, 1.54) is 6.92 Å². The lowest BCUT2D eigenvalue weighted by atomic mass is 10.1. The van der Waals surface area contributed by atoms with Crippen LogP contribution in [0.3, 0.4) is 0 Å². The van der Waals surface area contributed by atoms with Gasteiger partial charge in [0.15, 0.2) is 5.75 Å². The molecule has 0 atom stereocenters. The van der Waals surface area contributed by atoms with E-state index in [0.717, 1.165) is 0 Å². The highest BCUT2D eigenvalue weighted by Gasteiger charge is 2.16. The van der Waals surface area contributed by atoms with Gasteiger partial charge in [0, 0.05) is 12.3 Å². The van der Waals surface area contributed by atoms with Crippen LogP contribution in [0.4, 0.5) is 0 Å². The van der Waals surface area contributed by atoms with Gasteiger partial charge in [0.2, 0.25) is 0 Å². The highest BCUT2D eigenvalue weighted by Crippen LogP contribution is 2.28. The Labute approximate surface area is 105 Å².